The molecule has 0 amide bonds. The molecule has 6 heteroatoms. The fraction of sp³-hybridized carbons (Fsp3) is 0.143. The number of anilines is 1. The summed E-state index contributed by atoms with van der Waals surface area (Å²) in [5, 5.41) is 5.18. The zero-order chi connectivity index (χ0) is 18.8. The number of aromatic nitrogens is 3. The van der Waals surface area contributed by atoms with Gasteiger partial charge in [0.1, 0.15) is 22.6 Å². The number of aryl methyl sites for hydroxylation is 1. The van der Waals surface area contributed by atoms with Crippen molar-refractivity contribution in [1.29, 1.82) is 0 Å². The summed E-state index contributed by atoms with van der Waals surface area (Å²) in [4.78, 5) is 4.46. The third-order valence-electron chi connectivity index (χ3n) is 4.36. The molecule has 4 rings (SSSR count). The van der Waals surface area contributed by atoms with Gasteiger partial charge in [-0.3, -0.25) is 0 Å². The topological polar surface area (TPSA) is 75.2 Å². The van der Waals surface area contributed by atoms with Gasteiger partial charge in [0.25, 0.3) is 0 Å². The molecule has 0 unspecified atom stereocenters. The summed E-state index contributed by atoms with van der Waals surface area (Å²) in [5.41, 5.74) is 9.12. The van der Waals surface area contributed by atoms with Gasteiger partial charge in [0, 0.05) is 12.3 Å². The molecule has 0 aliphatic carbocycles. The Kier molecular flexibility index (Phi) is 4.38. The van der Waals surface area contributed by atoms with Gasteiger partial charge in [-0.25, -0.2) is 9.67 Å². The lowest BCUT2D eigenvalue weighted by molar-refractivity contribution is 0.414. The zero-order valence-electron chi connectivity index (χ0n) is 15.2. The third kappa shape index (κ3) is 3.42. The second-order valence-corrected chi connectivity index (χ2v) is 6.31. The number of pyridine rings is 1. The van der Waals surface area contributed by atoms with Crippen molar-refractivity contribution in [3.8, 4) is 17.2 Å². The zero-order valence-corrected chi connectivity index (χ0v) is 15.2. The highest BCUT2D eigenvalue weighted by molar-refractivity contribution is 5.92. The smallest absolute Gasteiger partial charge is 0.164 e. The van der Waals surface area contributed by atoms with Gasteiger partial charge in [-0.15, -0.1) is 0 Å². The largest absolute Gasteiger partial charge is 0.497 e. The Hall–Kier alpha value is -3.54. The maximum atomic E-state index is 6.18. The molecular formula is C21H20N4O2. The Labute approximate surface area is 157 Å². The SMILES string of the molecule is COc1ccc(Cn2nc(N)c3c(Oc4ccc(C)cc4)ccnc32)cc1. The van der Waals surface area contributed by atoms with Gasteiger partial charge in [-0.2, -0.15) is 5.10 Å². The van der Waals surface area contributed by atoms with Crippen molar-refractivity contribution in [3.05, 3.63) is 71.9 Å². The Balaban J connectivity index is 1.68. The molecule has 27 heavy (non-hydrogen) atoms. The monoisotopic (exact) mass is 360 g/mol. The van der Waals surface area contributed by atoms with Crippen LogP contribution in [0.15, 0.2) is 60.8 Å². The minimum atomic E-state index is 0.397. The molecule has 4 aromatic rings. The molecule has 6 nitrogen and oxygen atoms in total. The number of hydrogen-bond acceptors (Lipinski definition) is 5. The number of nitrogens with zero attached hydrogens (tertiary/aromatic N) is 3. The van der Waals surface area contributed by atoms with Crippen molar-refractivity contribution in [3.63, 3.8) is 0 Å². The minimum Gasteiger partial charge on any atom is -0.497 e. The third-order valence-corrected chi connectivity index (χ3v) is 4.36. The molecule has 2 N–H and O–H groups in total. The van der Waals surface area contributed by atoms with Crippen LogP contribution in [-0.4, -0.2) is 21.9 Å². The van der Waals surface area contributed by atoms with E-state index in [1.165, 1.54) is 5.56 Å². The number of rotatable bonds is 5. The second-order valence-electron chi connectivity index (χ2n) is 6.31. The predicted molar refractivity (Wildman–Crippen MR) is 105 cm³/mol. The second kappa shape index (κ2) is 6.99. The molecule has 0 radical (unpaired) electrons. The number of nitrogens with two attached hydrogens (primary N) is 1. The van der Waals surface area contributed by atoms with Crippen molar-refractivity contribution >= 4 is 16.9 Å². The van der Waals surface area contributed by atoms with Crippen LogP contribution in [0.2, 0.25) is 0 Å². The molecule has 0 aliphatic rings. The van der Waals surface area contributed by atoms with Gasteiger partial charge in [0.05, 0.1) is 13.7 Å². The highest BCUT2D eigenvalue weighted by atomic mass is 16.5. The molecule has 2 aromatic heterocycles. The van der Waals surface area contributed by atoms with E-state index in [0.717, 1.165) is 17.1 Å². The normalized spacial score (nSPS) is 10.9. The van der Waals surface area contributed by atoms with Crippen molar-refractivity contribution < 1.29 is 9.47 Å². The highest BCUT2D eigenvalue weighted by Gasteiger charge is 2.15. The molecule has 0 fully saturated rings. The van der Waals surface area contributed by atoms with Crippen LogP contribution in [0, 0.1) is 6.92 Å². The van der Waals surface area contributed by atoms with Crippen molar-refractivity contribution in [2.24, 2.45) is 0 Å². The summed E-state index contributed by atoms with van der Waals surface area (Å²) >= 11 is 0. The van der Waals surface area contributed by atoms with Crippen LogP contribution in [0.5, 0.6) is 17.2 Å². The molecule has 2 aromatic carbocycles. The van der Waals surface area contributed by atoms with Crippen molar-refractivity contribution in [1.82, 2.24) is 14.8 Å². The van der Waals surface area contributed by atoms with E-state index in [-0.39, 0.29) is 0 Å². The average molecular weight is 360 g/mol. The summed E-state index contributed by atoms with van der Waals surface area (Å²) in [6, 6.07) is 17.5. The van der Waals surface area contributed by atoms with Gasteiger partial charge in [-0.1, -0.05) is 29.8 Å². The minimum absolute atomic E-state index is 0.397. The lowest BCUT2D eigenvalue weighted by atomic mass is 10.2. The van der Waals surface area contributed by atoms with Crippen LogP contribution in [0.3, 0.4) is 0 Å². The quantitative estimate of drug-likeness (QED) is 0.578. The first-order valence-corrected chi connectivity index (χ1v) is 8.62. The average Bonchev–Trinajstić information content (AvgIpc) is 3.01. The molecule has 0 aliphatic heterocycles. The van der Waals surface area contributed by atoms with E-state index in [9.17, 15) is 0 Å². The van der Waals surface area contributed by atoms with Crippen molar-refractivity contribution in [2.45, 2.75) is 13.5 Å². The first kappa shape index (κ1) is 16.9. The fourth-order valence-corrected chi connectivity index (χ4v) is 2.93. The van der Waals surface area contributed by atoms with Gasteiger partial charge < -0.3 is 15.2 Å². The van der Waals surface area contributed by atoms with E-state index < -0.39 is 0 Å². The molecule has 0 spiro atoms. The molecular weight excluding hydrogens is 340 g/mol. The summed E-state index contributed by atoms with van der Waals surface area (Å²) in [7, 11) is 1.65. The highest BCUT2D eigenvalue weighted by Crippen LogP contribution is 2.33. The Morgan fingerprint density at radius 2 is 1.67 bits per heavy atom. The Morgan fingerprint density at radius 1 is 0.963 bits per heavy atom. The number of nitrogen functional groups attached to an aromatic ring is 1. The molecule has 0 saturated heterocycles. The van der Waals surface area contributed by atoms with Gasteiger partial charge in [-0.05, 0) is 36.8 Å². The maximum absolute atomic E-state index is 6.18. The van der Waals surface area contributed by atoms with Gasteiger partial charge in [0.15, 0.2) is 11.5 Å². The first-order chi connectivity index (χ1) is 13.1. The van der Waals surface area contributed by atoms with Crippen LogP contribution in [-0.2, 0) is 6.54 Å². The van der Waals surface area contributed by atoms with E-state index >= 15 is 0 Å². The van der Waals surface area contributed by atoms with Crippen LogP contribution < -0.4 is 15.2 Å². The number of hydrogen-bond donors (Lipinski definition) is 1. The van der Waals surface area contributed by atoms with Crippen LogP contribution in [0.4, 0.5) is 5.82 Å². The predicted octanol–water partition coefficient (Wildman–Crippen LogP) is 4.17. The molecule has 0 bridgehead atoms. The fourth-order valence-electron chi connectivity index (χ4n) is 2.93. The Morgan fingerprint density at radius 3 is 2.37 bits per heavy atom. The van der Waals surface area contributed by atoms with Crippen molar-refractivity contribution in [2.75, 3.05) is 12.8 Å². The molecule has 0 saturated carbocycles. The number of benzene rings is 2. The maximum Gasteiger partial charge on any atom is 0.164 e. The lowest BCUT2D eigenvalue weighted by Crippen LogP contribution is -2.03. The lowest BCUT2D eigenvalue weighted by Gasteiger charge is -2.08. The van der Waals surface area contributed by atoms with E-state index in [1.54, 1.807) is 24.1 Å². The summed E-state index contributed by atoms with van der Waals surface area (Å²) in [5.74, 6) is 2.60. The molecule has 2 heterocycles. The molecule has 136 valence electrons. The van der Waals surface area contributed by atoms with Crippen LogP contribution >= 0.6 is 0 Å². The van der Waals surface area contributed by atoms with E-state index in [2.05, 4.69) is 10.1 Å². The van der Waals surface area contributed by atoms with Gasteiger partial charge in [0.2, 0.25) is 0 Å². The van der Waals surface area contributed by atoms with Gasteiger partial charge >= 0.3 is 0 Å². The first-order valence-electron chi connectivity index (χ1n) is 8.62. The summed E-state index contributed by atoms with van der Waals surface area (Å²) in [6.45, 7) is 2.59. The Bertz CT molecular complexity index is 1070. The number of fused-ring (bicyclic) bond motifs is 1. The molecule has 0 atom stereocenters. The number of methoxy groups -OCH3 is 1. The number of ether oxygens (including phenoxy) is 2. The van der Waals surface area contributed by atoms with Crippen LogP contribution in [0.1, 0.15) is 11.1 Å². The van der Waals surface area contributed by atoms with E-state index in [1.807, 2.05) is 55.5 Å². The van der Waals surface area contributed by atoms with E-state index in [4.69, 9.17) is 15.2 Å². The summed E-state index contributed by atoms with van der Waals surface area (Å²) < 4.78 is 13.0. The van der Waals surface area contributed by atoms with E-state index in [0.29, 0.717) is 29.1 Å². The summed E-state index contributed by atoms with van der Waals surface area (Å²) in [6.07, 6.45) is 1.71. The standard InChI is InChI=1S/C21H20N4O2/c1-14-3-7-17(8-4-14)27-18-11-12-23-21-19(18)20(22)24-25(21)13-15-5-9-16(26-2)10-6-15/h3-12H,13H2,1-2H3,(H2,22,24). The van der Waals surface area contributed by atoms with Crippen LogP contribution in [0.25, 0.3) is 11.0 Å².